The molecule has 0 heterocycles. The Bertz CT molecular complexity index is 959. The molecule has 0 bridgehead atoms. The summed E-state index contributed by atoms with van der Waals surface area (Å²) >= 11 is 0. The number of oxime groups is 1. The highest BCUT2D eigenvalue weighted by molar-refractivity contribution is 5.85. The van der Waals surface area contributed by atoms with Crippen molar-refractivity contribution in [2.24, 2.45) is 5.16 Å². The van der Waals surface area contributed by atoms with Gasteiger partial charge < -0.3 is 9.94 Å². The standard InChI is InChI=1S/C23H26F3NO2/c1-14-10-18-19(22(4,5)9-8-21(18,2)3)12-16(14)17-11-15(13-27-28)6-7-20(17)29-23(24,25)26/h6-7,10-13,28H,8-9H2,1-5H3. The zero-order valence-electron chi connectivity index (χ0n) is 17.3. The second-order valence-electron chi connectivity index (χ2n) is 9.03. The van der Waals surface area contributed by atoms with Gasteiger partial charge in [-0.1, -0.05) is 38.9 Å². The van der Waals surface area contributed by atoms with Crippen molar-refractivity contribution in [1.82, 2.24) is 0 Å². The van der Waals surface area contributed by atoms with E-state index in [2.05, 4.69) is 43.7 Å². The molecular formula is C23H26F3NO2. The van der Waals surface area contributed by atoms with E-state index in [4.69, 9.17) is 5.21 Å². The maximum Gasteiger partial charge on any atom is 0.573 e. The number of hydrogen-bond donors (Lipinski definition) is 1. The van der Waals surface area contributed by atoms with Crippen molar-refractivity contribution in [2.75, 3.05) is 0 Å². The molecule has 1 aliphatic rings. The normalized spacial score (nSPS) is 17.9. The lowest BCUT2D eigenvalue weighted by atomic mass is 9.62. The third-order valence-electron chi connectivity index (χ3n) is 5.92. The summed E-state index contributed by atoms with van der Waals surface area (Å²) in [6.45, 7) is 10.6. The summed E-state index contributed by atoms with van der Waals surface area (Å²) in [6.07, 6.45) is -1.57. The van der Waals surface area contributed by atoms with Gasteiger partial charge in [-0.2, -0.15) is 0 Å². The molecule has 0 radical (unpaired) electrons. The highest BCUT2D eigenvalue weighted by Crippen LogP contribution is 2.48. The first kappa shape index (κ1) is 21.2. The third-order valence-corrected chi connectivity index (χ3v) is 5.92. The number of alkyl halides is 3. The predicted molar refractivity (Wildman–Crippen MR) is 108 cm³/mol. The molecule has 156 valence electrons. The van der Waals surface area contributed by atoms with Crippen LogP contribution in [0.15, 0.2) is 35.5 Å². The van der Waals surface area contributed by atoms with Crippen molar-refractivity contribution in [1.29, 1.82) is 0 Å². The maximum atomic E-state index is 13.0. The van der Waals surface area contributed by atoms with E-state index >= 15 is 0 Å². The molecule has 6 heteroatoms. The van der Waals surface area contributed by atoms with Crippen LogP contribution in [0.5, 0.6) is 5.75 Å². The van der Waals surface area contributed by atoms with Gasteiger partial charge in [0.25, 0.3) is 0 Å². The van der Waals surface area contributed by atoms with Crippen LogP contribution >= 0.6 is 0 Å². The molecule has 0 spiro atoms. The lowest BCUT2D eigenvalue weighted by molar-refractivity contribution is -0.274. The Kier molecular flexibility index (Phi) is 5.18. The lowest BCUT2D eigenvalue weighted by Crippen LogP contribution is -2.34. The molecule has 2 aromatic rings. The van der Waals surface area contributed by atoms with Crippen LogP contribution < -0.4 is 4.74 Å². The molecular weight excluding hydrogens is 379 g/mol. The Morgan fingerprint density at radius 1 is 0.966 bits per heavy atom. The minimum absolute atomic E-state index is 0.00480. The van der Waals surface area contributed by atoms with Gasteiger partial charge in [0.15, 0.2) is 0 Å². The maximum absolute atomic E-state index is 13.0. The molecule has 3 nitrogen and oxygen atoms in total. The molecule has 2 aromatic carbocycles. The van der Waals surface area contributed by atoms with Gasteiger partial charge in [0.1, 0.15) is 5.75 Å². The topological polar surface area (TPSA) is 41.8 Å². The molecule has 0 saturated heterocycles. The Labute approximate surface area is 169 Å². The van der Waals surface area contributed by atoms with Gasteiger partial charge in [0.2, 0.25) is 0 Å². The summed E-state index contributed by atoms with van der Waals surface area (Å²) in [7, 11) is 0. The zero-order chi connectivity index (χ0) is 21.6. The van der Waals surface area contributed by atoms with Crippen LogP contribution in [0.25, 0.3) is 11.1 Å². The number of ether oxygens (including phenoxy) is 1. The summed E-state index contributed by atoms with van der Waals surface area (Å²) in [6, 6.07) is 8.33. The fourth-order valence-corrected chi connectivity index (χ4v) is 4.13. The smallest absolute Gasteiger partial charge is 0.411 e. The largest absolute Gasteiger partial charge is 0.573 e. The molecule has 0 saturated carbocycles. The molecule has 0 aromatic heterocycles. The first-order valence-corrected chi connectivity index (χ1v) is 9.57. The van der Waals surface area contributed by atoms with Gasteiger partial charge >= 0.3 is 6.36 Å². The van der Waals surface area contributed by atoms with Gasteiger partial charge in [-0.05, 0) is 82.7 Å². The van der Waals surface area contributed by atoms with Crippen molar-refractivity contribution in [2.45, 2.75) is 64.7 Å². The van der Waals surface area contributed by atoms with Crippen LogP contribution in [-0.2, 0) is 10.8 Å². The molecule has 0 atom stereocenters. The summed E-state index contributed by atoms with van der Waals surface area (Å²) in [5.74, 6) is -0.275. The minimum Gasteiger partial charge on any atom is -0.411 e. The van der Waals surface area contributed by atoms with E-state index in [1.807, 2.05) is 13.0 Å². The molecule has 1 N–H and O–H groups in total. The summed E-state index contributed by atoms with van der Waals surface area (Å²) < 4.78 is 43.3. The van der Waals surface area contributed by atoms with Crippen LogP contribution in [0.1, 0.15) is 62.8 Å². The minimum atomic E-state index is -4.80. The number of benzene rings is 2. The van der Waals surface area contributed by atoms with Crippen LogP contribution in [0.2, 0.25) is 0 Å². The van der Waals surface area contributed by atoms with E-state index in [0.29, 0.717) is 16.7 Å². The number of hydrogen-bond acceptors (Lipinski definition) is 3. The van der Waals surface area contributed by atoms with E-state index in [1.165, 1.54) is 23.9 Å². The van der Waals surface area contributed by atoms with Gasteiger partial charge in [-0.3, -0.25) is 0 Å². The quantitative estimate of drug-likeness (QED) is 0.350. The van der Waals surface area contributed by atoms with Crippen molar-refractivity contribution in [3.8, 4) is 16.9 Å². The van der Waals surface area contributed by atoms with E-state index in [0.717, 1.165) is 24.0 Å². The fourth-order valence-electron chi connectivity index (χ4n) is 4.13. The van der Waals surface area contributed by atoms with Gasteiger partial charge in [-0.15, -0.1) is 13.2 Å². The second kappa shape index (κ2) is 7.08. The molecule has 0 aliphatic heterocycles. The molecule has 3 rings (SSSR count). The number of halogens is 3. The second-order valence-corrected chi connectivity index (χ2v) is 9.03. The molecule has 0 fully saturated rings. The van der Waals surface area contributed by atoms with Gasteiger partial charge in [0, 0.05) is 5.56 Å². The number of fused-ring (bicyclic) bond motifs is 1. The number of aryl methyl sites for hydroxylation is 1. The van der Waals surface area contributed by atoms with Gasteiger partial charge in [0.05, 0.1) is 6.21 Å². The first-order valence-electron chi connectivity index (χ1n) is 9.57. The summed E-state index contributed by atoms with van der Waals surface area (Å²) in [5, 5.41) is 11.8. The monoisotopic (exact) mass is 405 g/mol. The lowest BCUT2D eigenvalue weighted by Gasteiger charge is -2.42. The fraction of sp³-hybridized carbons (Fsp3) is 0.435. The van der Waals surface area contributed by atoms with Crippen LogP contribution in [-0.4, -0.2) is 17.8 Å². The Morgan fingerprint density at radius 3 is 2.10 bits per heavy atom. The Balaban J connectivity index is 2.26. The average molecular weight is 405 g/mol. The highest BCUT2D eigenvalue weighted by Gasteiger charge is 2.38. The van der Waals surface area contributed by atoms with E-state index in [1.54, 1.807) is 6.07 Å². The SMILES string of the molecule is Cc1cc2c(cc1-c1cc(C=NO)ccc1OC(F)(F)F)C(C)(C)CCC2(C)C. The predicted octanol–water partition coefficient (Wildman–Crippen LogP) is 6.72. The molecule has 29 heavy (non-hydrogen) atoms. The molecule has 0 amide bonds. The van der Waals surface area contributed by atoms with Crippen LogP contribution in [0, 0.1) is 6.92 Å². The molecule has 0 unspecified atom stereocenters. The number of rotatable bonds is 3. The van der Waals surface area contributed by atoms with Crippen LogP contribution in [0.4, 0.5) is 13.2 Å². The Hall–Kier alpha value is -2.50. The Morgan fingerprint density at radius 2 is 1.55 bits per heavy atom. The van der Waals surface area contributed by atoms with Crippen molar-refractivity contribution >= 4 is 6.21 Å². The summed E-state index contributed by atoms with van der Waals surface area (Å²) in [5.41, 5.74) is 4.66. The zero-order valence-corrected chi connectivity index (χ0v) is 17.3. The molecule has 1 aliphatic carbocycles. The van der Waals surface area contributed by atoms with E-state index < -0.39 is 6.36 Å². The van der Waals surface area contributed by atoms with Crippen molar-refractivity contribution in [3.05, 3.63) is 52.6 Å². The highest BCUT2D eigenvalue weighted by atomic mass is 19.4. The van der Waals surface area contributed by atoms with Crippen molar-refractivity contribution in [3.63, 3.8) is 0 Å². The first-order chi connectivity index (χ1) is 13.3. The van der Waals surface area contributed by atoms with Crippen LogP contribution in [0.3, 0.4) is 0 Å². The van der Waals surface area contributed by atoms with Crippen molar-refractivity contribution < 1.29 is 23.1 Å². The number of nitrogens with zero attached hydrogens (tertiary/aromatic N) is 1. The van der Waals surface area contributed by atoms with Gasteiger partial charge in [-0.25, -0.2) is 0 Å². The average Bonchev–Trinajstić information content (AvgIpc) is 2.59. The summed E-state index contributed by atoms with van der Waals surface area (Å²) in [4.78, 5) is 0. The van der Waals surface area contributed by atoms with E-state index in [-0.39, 0.29) is 16.6 Å². The third kappa shape index (κ3) is 4.26. The van der Waals surface area contributed by atoms with E-state index in [9.17, 15) is 13.2 Å².